The van der Waals surface area contributed by atoms with Crippen LogP contribution < -0.4 is 5.32 Å². The van der Waals surface area contributed by atoms with E-state index < -0.39 is 0 Å². The van der Waals surface area contributed by atoms with Crippen LogP contribution in [0.1, 0.15) is 104 Å². The first-order valence-corrected chi connectivity index (χ1v) is 15.3. The fraction of sp³-hybridized carbons (Fsp3) is 0.457. The fourth-order valence-electron chi connectivity index (χ4n) is 6.57. The molecular weight excluding hydrogens is 522 g/mol. The molecule has 5 rings (SSSR count). The first-order valence-electron chi connectivity index (χ1n) is 15.3. The normalized spacial score (nSPS) is 16.8. The molecule has 7 nitrogen and oxygen atoms in total. The molecular formula is C35H45N5O2. The number of rotatable bonds is 8. The van der Waals surface area contributed by atoms with Gasteiger partial charge in [-0.2, -0.15) is 0 Å². The molecule has 3 N–H and O–H groups in total. The third-order valence-corrected chi connectivity index (χ3v) is 9.22. The van der Waals surface area contributed by atoms with Crippen LogP contribution in [-0.4, -0.2) is 46.1 Å². The number of nitrogens with zero attached hydrogens (tertiary/aromatic N) is 2. The monoisotopic (exact) mass is 567 g/mol. The van der Waals surface area contributed by atoms with Gasteiger partial charge in [-0.3, -0.25) is 9.78 Å². The number of aromatic nitrogens is 4. The van der Waals surface area contributed by atoms with Crippen molar-refractivity contribution in [1.29, 1.82) is 0 Å². The second-order valence-electron chi connectivity index (χ2n) is 11.8. The Bertz CT molecular complexity index is 1710. The van der Waals surface area contributed by atoms with E-state index in [1.165, 1.54) is 27.8 Å². The van der Waals surface area contributed by atoms with Gasteiger partial charge in [0.2, 0.25) is 5.91 Å². The smallest absolute Gasteiger partial charge is 0.220 e. The first kappa shape index (κ1) is 29.8. The molecule has 1 amide bonds. The highest BCUT2D eigenvalue weighted by Crippen LogP contribution is 2.42. The van der Waals surface area contributed by atoms with Crippen LogP contribution in [0.25, 0.3) is 33.2 Å². The summed E-state index contributed by atoms with van der Waals surface area (Å²) in [5, 5.41) is 2.97. The lowest BCUT2D eigenvalue weighted by molar-refractivity contribution is -0.121. The number of methoxy groups -OCH3 is 1. The SMILES string of the molecule is CCC1=C(C)c2cc3[nH]c(cc4nc(c(C)c5cc(C)c(cc1n2)[nH]5)[C@@H](CCC(=O)NCCOC)[C@@H]4C)c(C)c3CC. The standard InChI is InChI=1S/C35H45N5O2/c1-9-24-21(5)30-18-33-25(10-2)20(4)29(38-33)17-31-22(6)26(11-12-34(41)36-13-14-42-8)35(40-31)23(7)28-15-19(3)27(37-28)16-32(24)39-30/h15-18,22,26,37-38H,9-14H2,1-8H3,(H,36,41)/t22-,26-/m0/s1. The molecule has 2 atom stereocenters. The molecule has 0 aromatic carbocycles. The summed E-state index contributed by atoms with van der Waals surface area (Å²) in [5.74, 6) is 0.361. The van der Waals surface area contributed by atoms with E-state index in [1.807, 2.05) is 0 Å². The minimum atomic E-state index is 0.0519. The maximum Gasteiger partial charge on any atom is 0.220 e. The predicted octanol–water partition coefficient (Wildman–Crippen LogP) is 7.57. The number of aromatic amines is 2. The van der Waals surface area contributed by atoms with Crippen LogP contribution in [0.4, 0.5) is 0 Å². The van der Waals surface area contributed by atoms with Crippen LogP contribution in [0.2, 0.25) is 0 Å². The van der Waals surface area contributed by atoms with Crippen molar-refractivity contribution < 1.29 is 9.53 Å². The van der Waals surface area contributed by atoms with E-state index in [0.717, 1.165) is 69.7 Å². The zero-order valence-corrected chi connectivity index (χ0v) is 26.4. The lowest BCUT2D eigenvalue weighted by atomic mass is 9.86. The van der Waals surface area contributed by atoms with Gasteiger partial charge < -0.3 is 20.0 Å². The summed E-state index contributed by atoms with van der Waals surface area (Å²) in [6, 6.07) is 8.85. The molecule has 2 aliphatic rings. The summed E-state index contributed by atoms with van der Waals surface area (Å²) in [7, 11) is 1.64. The van der Waals surface area contributed by atoms with Crippen LogP contribution in [0, 0.1) is 20.8 Å². The number of allylic oxidation sites excluding steroid dienone is 2. The highest BCUT2D eigenvalue weighted by atomic mass is 16.5. The summed E-state index contributed by atoms with van der Waals surface area (Å²) in [6.45, 7) is 16.4. The number of aryl methyl sites for hydroxylation is 4. The summed E-state index contributed by atoms with van der Waals surface area (Å²) in [6.07, 6.45) is 3.03. The van der Waals surface area contributed by atoms with Gasteiger partial charge in [0.1, 0.15) is 0 Å². The highest BCUT2D eigenvalue weighted by molar-refractivity contribution is 5.92. The molecule has 0 fully saturated rings. The van der Waals surface area contributed by atoms with Gasteiger partial charge in [0, 0.05) is 65.4 Å². The van der Waals surface area contributed by atoms with E-state index in [2.05, 4.69) is 88.0 Å². The first-order chi connectivity index (χ1) is 20.2. The van der Waals surface area contributed by atoms with Gasteiger partial charge in [0.05, 0.1) is 18.0 Å². The molecule has 0 aliphatic carbocycles. The maximum absolute atomic E-state index is 12.7. The van der Waals surface area contributed by atoms with Crippen molar-refractivity contribution >= 4 is 39.1 Å². The van der Waals surface area contributed by atoms with E-state index in [-0.39, 0.29) is 17.7 Å². The molecule has 42 heavy (non-hydrogen) atoms. The summed E-state index contributed by atoms with van der Waals surface area (Å²) in [5.41, 5.74) is 15.9. The zero-order valence-electron chi connectivity index (χ0n) is 26.4. The van der Waals surface area contributed by atoms with Gasteiger partial charge in [-0.1, -0.05) is 20.8 Å². The van der Waals surface area contributed by atoms with Crippen molar-refractivity contribution in [3.8, 4) is 0 Å². The van der Waals surface area contributed by atoms with Crippen LogP contribution in [0.5, 0.6) is 0 Å². The minimum Gasteiger partial charge on any atom is -0.383 e. The van der Waals surface area contributed by atoms with E-state index in [4.69, 9.17) is 14.7 Å². The quantitative estimate of drug-likeness (QED) is 0.245. The number of nitrogens with one attached hydrogen (secondary N) is 3. The van der Waals surface area contributed by atoms with Crippen molar-refractivity contribution in [2.75, 3.05) is 20.3 Å². The van der Waals surface area contributed by atoms with Gasteiger partial charge in [-0.25, -0.2) is 4.98 Å². The molecule has 0 unspecified atom stereocenters. The number of fused-ring (bicyclic) bond motifs is 8. The molecule has 7 heteroatoms. The van der Waals surface area contributed by atoms with Crippen LogP contribution in [0.3, 0.4) is 0 Å². The number of carbonyl (C=O) groups is 1. The Kier molecular flexibility index (Phi) is 8.69. The van der Waals surface area contributed by atoms with Crippen LogP contribution in [0.15, 0.2) is 24.3 Å². The van der Waals surface area contributed by atoms with E-state index in [9.17, 15) is 4.79 Å². The molecule has 222 valence electrons. The minimum absolute atomic E-state index is 0.0519. The lowest BCUT2D eigenvalue weighted by Crippen LogP contribution is -2.27. The maximum atomic E-state index is 12.7. The Balaban J connectivity index is 1.75. The van der Waals surface area contributed by atoms with E-state index in [1.54, 1.807) is 7.11 Å². The van der Waals surface area contributed by atoms with Gasteiger partial charge >= 0.3 is 0 Å². The van der Waals surface area contributed by atoms with Gasteiger partial charge in [-0.05, 0) is 105 Å². The average molecular weight is 568 g/mol. The fourth-order valence-corrected chi connectivity index (χ4v) is 6.57. The predicted molar refractivity (Wildman–Crippen MR) is 173 cm³/mol. The van der Waals surface area contributed by atoms with Gasteiger partial charge in [0.15, 0.2) is 0 Å². The lowest BCUT2D eigenvalue weighted by Gasteiger charge is -2.17. The molecule has 0 radical (unpaired) electrons. The number of H-pyrrole nitrogens is 2. The molecule has 5 heterocycles. The second-order valence-corrected chi connectivity index (χ2v) is 11.8. The number of carbonyl (C=O) groups excluding carboxylic acids is 1. The molecule has 3 aromatic heterocycles. The molecule has 0 spiro atoms. The van der Waals surface area contributed by atoms with Gasteiger partial charge in [-0.15, -0.1) is 0 Å². The molecule has 8 bridgehead atoms. The van der Waals surface area contributed by atoms with Crippen molar-refractivity contribution in [2.24, 2.45) is 0 Å². The van der Waals surface area contributed by atoms with Gasteiger partial charge in [0.25, 0.3) is 0 Å². The van der Waals surface area contributed by atoms with Crippen molar-refractivity contribution in [1.82, 2.24) is 25.3 Å². The summed E-state index contributed by atoms with van der Waals surface area (Å²) < 4.78 is 5.09. The summed E-state index contributed by atoms with van der Waals surface area (Å²) in [4.78, 5) is 30.5. The Morgan fingerprint density at radius 3 is 2.33 bits per heavy atom. The third-order valence-electron chi connectivity index (χ3n) is 9.22. The Morgan fingerprint density at radius 2 is 1.62 bits per heavy atom. The Labute approximate surface area is 249 Å². The van der Waals surface area contributed by atoms with Crippen molar-refractivity contribution in [2.45, 2.75) is 86.0 Å². The van der Waals surface area contributed by atoms with Crippen molar-refractivity contribution in [3.05, 3.63) is 69.3 Å². The van der Waals surface area contributed by atoms with Crippen LogP contribution >= 0.6 is 0 Å². The van der Waals surface area contributed by atoms with Crippen LogP contribution in [-0.2, 0) is 16.0 Å². The third kappa shape index (κ3) is 5.54. The largest absolute Gasteiger partial charge is 0.383 e. The molecule has 3 aromatic rings. The number of hydrogen-bond acceptors (Lipinski definition) is 4. The molecule has 2 aliphatic heterocycles. The second kappa shape index (κ2) is 12.3. The number of hydrogen-bond donors (Lipinski definition) is 3. The van der Waals surface area contributed by atoms with E-state index >= 15 is 0 Å². The Morgan fingerprint density at radius 1 is 0.905 bits per heavy atom. The number of ether oxygens (including phenoxy) is 1. The van der Waals surface area contributed by atoms with Crippen molar-refractivity contribution in [3.63, 3.8) is 0 Å². The zero-order chi connectivity index (χ0) is 30.1. The summed E-state index contributed by atoms with van der Waals surface area (Å²) >= 11 is 0. The van der Waals surface area contributed by atoms with E-state index in [0.29, 0.717) is 19.6 Å². The topological polar surface area (TPSA) is 95.7 Å². The molecule has 0 saturated heterocycles. The molecule has 0 saturated carbocycles. The average Bonchev–Trinajstić information content (AvgIpc) is 3.66. The number of amides is 1. The Hall–Kier alpha value is -3.71. The highest BCUT2D eigenvalue weighted by Gasteiger charge is 2.31.